The summed E-state index contributed by atoms with van der Waals surface area (Å²) in [5.74, 6) is 1.14. The molecule has 0 unspecified atom stereocenters. The number of ether oxygens (including phenoxy) is 2. The van der Waals surface area contributed by atoms with Gasteiger partial charge in [0.15, 0.2) is 0 Å². The number of nitrogens with zero attached hydrogens (tertiary/aromatic N) is 1. The Hall–Kier alpha value is -2.34. The van der Waals surface area contributed by atoms with Crippen LogP contribution in [0.2, 0.25) is 0 Å². The van der Waals surface area contributed by atoms with Gasteiger partial charge in [-0.1, -0.05) is 15.9 Å². The van der Waals surface area contributed by atoms with Gasteiger partial charge in [0.05, 0.1) is 18.9 Å². The van der Waals surface area contributed by atoms with Crippen molar-refractivity contribution in [2.45, 2.75) is 26.9 Å². The number of carbonyl (C=O) groups excluding carboxylic acids is 1. The summed E-state index contributed by atoms with van der Waals surface area (Å²) in [5, 5.41) is 4.03. The molecule has 0 heterocycles. The smallest absolute Gasteiger partial charge is 0.271 e. The van der Waals surface area contributed by atoms with Crippen molar-refractivity contribution in [1.29, 1.82) is 0 Å². The van der Waals surface area contributed by atoms with Gasteiger partial charge in [0, 0.05) is 15.6 Å². The van der Waals surface area contributed by atoms with E-state index in [2.05, 4.69) is 26.5 Å². The molecule has 0 saturated carbocycles. The number of hydrazone groups is 1. The van der Waals surface area contributed by atoms with E-state index in [1.807, 2.05) is 39.0 Å². The number of halogens is 1. The van der Waals surface area contributed by atoms with Gasteiger partial charge in [0.25, 0.3) is 5.91 Å². The lowest BCUT2D eigenvalue weighted by Gasteiger charge is -2.12. The molecule has 0 fully saturated rings. The fraction of sp³-hybridized carbons (Fsp3) is 0.263. The molecule has 0 spiro atoms. The predicted octanol–water partition coefficient (Wildman–Crippen LogP) is 4.40. The lowest BCUT2D eigenvalue weighted by Crippen LogP contribution is -2.17. The normalized spacial score (nSPS) is 10.9. The largest absolute Gasteiger partial charge is 0.494 e. The minimum atomic E-state index is -0.291. The quantitative estimate of drug-likeness (QED) is 0.549. The summed E-state index contributed by atoms with van der Waals surface area (Å²) in [6.45, 7) is 6.41. The van der Waals surface area contributed by atoms with Crippen molar-refractivity contribution in [3.8, 4) is 11.5 Å². The Labute approximate surface area is 156 Å². The predicted molar refractivity (Wildman–Crippen MR) is 103 cm³/mol. The Balaban J connectivity index is 2.04. The molecule has 0 aliphatic heterocycles. The van der Waals surface area contributed by atoms with Crippen LogP contribution in [0.3, 0.4) is 0 Å². The van der Waals surface area contributed by atoms with E-state index in [1.54, 1.807) is 30.5 Å². The number of amides is 1. The minimum Gasteiger partial charge on any atom is -0.494 e. The van der Waals surface area contributed by atoms with Gasteiger partial charge in [-0.25, -0.2) is 5.43 Å². The minimum absolute atomic E-state index is 0.0479. The molecule has 0 atom stereocenters. The van der Waals surface area contributed by atoms with E-state index in [-0.39, 0.29) is 12.0 Å². The van der Waals surface area contributed by atoms with Crippen molar-refractivity contribution in [2.75, 3.05) is 6.61 Å². The van der Waals surface area contributed by atoms with Crippen LogP contribution in [0.4, 0.5) is 0 Å². The maximum absolute atomic E-state index is 12.1. The molecule has 0 bridgehead atoms. The zero-order valence-electron chi connectivity index (χ0n) is 14.5. The van der Waals surface area contributed by atoms with Crippen LogP contribution in [0.5, 0.6) is 11.5 Å². The third-order valence-corrected chi connectivity index (χ3v) is 3.62. The van der Waals surface area contributed by atoms with Crippen molar-refractivity contribution in [2.24, 2.45) is 5.10 Å². The van der Waals surface area contributed by atoms with Crippen molar-refractivity contribution < 1.29 is 14.3 Å². The molecule has 132 valence electrons. The number of hydrogen-bond donors (Lipinski definition) is 1. The first-order chi connectivity index (χ1) is 12.0. The molecule has 6 heteroatoms. The summed E-state index contributed by atoms with van der Waals surface area (Å²) in [5.41, 5.74) is 3.80. The van der Waals surface area contributed by atoms with Crippen LogP contribution in [0.1, 0.15) is 36.7 Å². The molecule has 2 rings (SSSR count). The Morgan fingerprint density at radius 1 is 1.24 bits per heavy atom. The van der Waals surface area contributed by atoms with E-state index in [4.69, 9.17) is 9.47 Å². The van der Waals surface area contributed by atoms with Crippen LogP contribution < -0.4 is 14.9 Å². The second kappa shape index (κ2) is 9.22. The highest BCUT2D eigenvalue weighted by molar-refractivity contribution is 9.10. The Bertz CT molecular complexity index is 743. The first-order valence-electron chi connectivity index (χ1n) is 8.02. The molecular weight excluding hydrogens is 384 g/mol. The van der Waals surface area contributed by atoms with Crippen molar-refractivity contribution in [3.63, 3.8) is 0 Å². The molecule has 1 N–H and O–H groups in total. The van der Waals surface area contributed by atoms with Gasteiger partial charge in [-0.2, -0.15) is 5.10 Å². The molecule has 0 aliphatic rings. The number of benzene rings is 2. The first-order valence-corrected chi connectivity index (χ1v) is 8.81. The van der Waals surface area contributed by atoms with Crippen LogP contribution in [0, 0.1) is 0 Å². The zero-order valence-corrected chi connectivity index (χ0v) is 16.0. The van der Waals surface area contributed by atoms with Crippen LogP contribution in [-0.4, -0.2) is 24.8 Å². The van der Waals surface area contributed by atoms with Gasteiger partial charge in [0.2, 0.25) is 0 Å². The molecule has 5 nitrogen and oxygen atoms in total. The molecule has 2 aromatic rings. The molecule has 0 radical (unpaired) electrons. The van der Waals surface area contributed by atoms with E-state index >= 15 is 0 Å². The van der Waals surface area contributed by atoms with E-state index in [9.17, 15) is 4.79 Å². The maximum atomic E-state index is 12.1. The summed E-state index contributed by atoms with van der Waals surface area (Å²) >= 11 is 3.42. The van der Waals surface area contributed by atoms with Crippen LogP contribution in [0.15, 0.2) is 52.0 Å². The second-order valence-corrected chi connectivity index (χ2v) is 6.42. The van der Waals surface area contributed by atoms with Crippen molar-refractivity contribution in [1.82, 2.24) is 5.43 Å². The molecular formula is C19H21BrN2O3. The Kier molecular flexibility index (Phi) is 7.01. The van der Waals surface area contributed by atoms with Crippen LogP contribution >= 0.6 is 15.9 Å². The number of nitrogens with one attached hydrogen (secondary N) is 1. The van der Waals surface area contributed by atoms with Crippen LogP contribution in [0.25, 0.3) is 0 Å². The van der Waals surface area contributed by atoms with Gasteiger partial charge in [-0.3, -0.25) is 4.79 Å². The van der Waals surface area contributed by atoms with Crippen molar-refractivity contribution >= 4 is 28.1 Å². The third kappa shape index (κ3) is 5.90. The second-order valence-electron chi connectivity index (χ2n) is 5.51. The fourth-order valence-electron chi connectivity index (χ4n) is 2.08. The average Bonchev–Trinajstić information content (AvgIpc) is 2.57. The summed E-state index contributed by atoms with van der Waals surface area (Å²) in [6, 6.07) is 12.5. The Morgan fingerprint density at radius 2 is 1.96 bits per heavy atom. The van der Waals surface area contributed by atoms with Gasteiger partial charge < -0.3 is 9.47 Å². The highest BCUT2D eigenvalue weighted by Gasteiger charge is 2.06. The summed E-state index contributed by atoms with van der Waals surface area (Å²) < 4.78 is 12.0. The summed E-state index contributed by atoms with van der Waals surface area (Å²) in [6.07, 6.45) is 1.61. The molecule has 1 amide bonds. The molecule has 0 aliphatic carbocycles. The fourth-order valence-corrected chi connectivity index (χ4v) is 2.45. The van der Waals surface area contributed by atoms with Gasteiger partial charge in [-0.15, -0.1) is 0 Å². The maximum Gasteiger partial charge on any atom is 0.271 e. The average molecular weight is 405 g/mol. The zero-order chi connectivity index (χ0) is 18.2. The van der Waals surface area contributed by atoms with E-state index in [0.717, 1.165) is 15.8 Å². The van der Waals surface area contributed by atoms with E-state index in [1.165, 1.54) is 0 Å². The first kappa shape index (κ1) is 19.0. The SMILES string of the molecule is CCOc1ccc(C(=O)N/N=C\c2cc(Br)ccc2OC(C)C)cc1. The number of hydrogen-bond acceptors (Lipinski definition) is 4. The monoisotopic (exact) mass is 404 g/mol. The van der Waals surface area contributed by atoms with Crippen molar-refractivity contribution in [3.05, 3.63) is 58.1 Å². The Morgan fingerprint density at radius 3 is 2.60 bits per heavy atom. The van der Waals surface area contributed by atoms with E-state index < -0.39 is 0 Å². The summed E-state index contributed by atoms with van der Waals surface area (Å²) in [4.78, 5) is 12.1. The van der Waals surface area contributed by atoms with Gasteiger partial charge in [-0.05, 0) is 63.2 Å². The van der Waals surface area contributed by atoms with Crippen LogP contribution in [-0.2, 0) is 0 Å². The molecule has 0 aromatic heterocycles. The van der Waals surface area contributed by atoms with E-state index in [0.29, 0.717) is 17.9 Å². The number of rotatable bonds is 7. The highest BCUT2D eigenvalue weighted by atomic mass is 79.9. The number of carbonyl (C=O) groups is 1. The third-order valence-electron chi connectivity index (χ3n) is 3.13. The molecule has 25 heavy (non-hydrogen) atoms. The topological polar surface area (TPSA) is 59.9 Å². The molecule has 0 saturated heterocycles. The van der Waals surface area contributed by atoms with Gasteiger partial charge >= 0.3 is 0 Å². The lowest BCUT2D eigenvalue weighted by atomic mass is 10.2. The highest BCUT2D eigenvalue weighted by Crippen LogP contribution is 2.22. The molecule has 2 aromatic carbocycles. The lowest BCUT2D eigenvalue weighted by molar-refractivity contribution is 0.0955. The summed E-state index contributed by atoms with van der Waals surface area (Å²) in [7, 11) is 0. The standard InChI is InChI=1S/C19H21BrN2O3/c1-4-24-17-8-5-14(6-9-17)19(23)22-21-12-15-11-16(20)7-10-18(15)25-13(2)3/h5-13H,4H2,1-3H3,(H,22,23)/b21-12-. The van der Waals surface area contributed by atoms with Gasteiger partial charge in [0.1, 0.15) is 11.5 Å².